The number of nitrogens with zero attached hydrogens (tertiary/aromatic N) is 2. The van der Waals surface area contributed by atoms with Crippen molar-refractivity contribution in [2.75, 3.05) is 19.0 Å². The Labute approximate surface area is 110 Å². The van der Waals surface area contributed by atoms with Crippen LogP contribution < -0.4 is 4.90 Å². The van der Waals surface area contributed by atoms with E-state index in [1.807, 2.05) is 32.3 Å². The molecular weight excluding hydrogens is 248 g/mol. The molecule has 2 heterocycles. The first-order valence-corrected chi connectivity index (χ1v) is 6.75. The van der Waals surface area contributed by atoms with Crippen molar-refractivity contribution in [3.05, 3.63) is 22.6 Å². The van der Waals surface area contributed by atoms with Crippen molar-refractivity contribution in [3.8, 4) is 0 Å². The van der Waals surface area contributed by atoms with Crippen LogP contribution in [0.4, 0.5) is 5.00 Å². The zero-order chi connectivity index (χ0) is 12.7. The van der Waals surface area contributed by atoms with Crippen LogP contribution in [0.2, 0.25) is 0 Å². The second-order valence-corrected chi connectivity index (χ2v) is 5.85. The molecule has 1 saturated carbocycles. The Bertz CT molecular complexity index is 553. The number of carbonyl (C=O) groups is 1. The molecule has 4 nitrogen and oxygen atoms in total. The van der Waals surface area contributed by atoms with Crippen LogP contribution in [0, 0.1) is 5.92 Å². The van der Waals surface area contributed by atoms with E-state index in [0.29, 0.717) is 11.5 Å². The number of anilines is 1. The van der Waals surface area contributed by atoms with Crippen LogP contribution in [-0.4, -0.2) is 25.8 Å². The molecule has 18 heavy (non-hydrogen) atoms. The largest absolute Gasteiger partial charge is 0.370 e. The first-order chi connectivity index (χ1) is 8.65. The Morgan fingerprint density at radius 2 is 2.22 bits per heavy atom. The van der Waals surface area contributed by atoms with Gasteiger partial charge in [0.2, 0.25) is 0 Å². The van der Waals surface area contributed by atoms with Gasteiger partial charge in [-0.25, -0.2) is 4.79 Å². The van der Waals surface area contributed by atoms with Crippen molar-refractivity contribution < 1.29 is 9.63 Å². The summed E-state index contributed by atoms with van der Waals surface area (Å²) >= 11 is 1.65. The molecule has 1 aliphatic carbocycles. The van der Waals surface area contributed by atoms with Crippen LogP contribution in [-0.2, 0) is 9.63 Å². The lowest BCUT2D eigenvalue weighted by Crippen LogP contribution is -2.06. The van der Waals surface area contributed by atoms with E-state index in [1.165, 1.54) is 0 Å². The molecule has 0 unspecified atom stereocenters. The third-order valence-electron chi connectivity index (χ3n) is 3.03. The lowest BCUT2D eigenvalue weighted by atomic mass is 10.1. The van der Waals surface area contributed by atoms with Crippen molar-refractivity contribution in [1.29, 1.82) is 0 Å². The molecule has 1 aromatic rings. The molecule has 1 aromatic heterocycles. The molecule has 1 fully saturated rings. The van der Waals surface area contributed by atoms with Crippen molar-refractivity contribution >= 4 is 34.1 Å². The highest BCUT2D eigenvalue weighted by Gasteiger charge is 2.37. The van der Waals surface area contributed by atoms with Crippen LogP contribution in [0.3, 0.4) is 0 Å². The Balaban J connectivity index is 1.89. The Morgan fingerprint density at radius 1 is 1.44 bits per heavy atom. The molecule has 0 spiro atoms. The fraction of sp³-hybridized carbons (Fsp3) is 0.385. The number of hydrogen-bond donors (Lipinski definition) is 0. The third kappa shape index (κ3) is 2.06. The van der Waals surface area contributed by atoms with Crippen LogP contribution in [0.15, 0.2) is 22.9 Å². The van der Waals surface area contributed by atoms with Gasteiger partial charge in [0.1, 0.15) is 0 Å². The van der Waals surface area contributed by atoms with Gasteiger partial charge in [-0.05, 0) is 31.1 Å². The molecule has 3 rings (SSSR count). The summed E-state index contributed by atoms with van der Waals surface area (Å²) in [6.45, 7) is 0. The van der Waals surface area contributed by atoms with E-state index in [4.69, 9.17) is 4.84 Å². The van der Waals surface area contributed by atoms with E-state index >= 15 is 0 Å². The minimum Gasteiger partial charge on any atom is -0.370 e. The van der Waals surface area contributed by atoms with E-state index in [9.17, 15) is 4.79 Å². The summed E-state index contributed by atoms with van der Waals surface area (Å²) in [5, 5.41) is 5.06. The molecule has 0 N–H and O–H groups in total. The molecule has 0 saturated heterocycles. The fourth-order valence-corrected chi connectivity index (χ4v) is 2.75. The predicted molar refractivity (Wildman–Crippen MR) is 72.9 cm³/mol. The molecule has 0 aromatic carbocycles. The highest BCUT2D eigenvalue weighted by atomic mass is 32.1. The molecule has 5 heteroatoms. The molecule has 0 radical (unpaired) electrons. The van der Waals surface area contributed by atoms with Crippen molar-refractivity contribution in [1.82, 2.24) is 0 Å². The standard InChI is InChI=1S/C13H14N2O2S/c1-15(2)11-6-5-9(18-11)7-10-12(8-3-4-8)14-17-13(10)16/h5-8H,3-4H2,1-2H3/b10-7+. The van der Waals surface area contributed by atoms with E-state index in [1.54, 1.807) is 11.3 Å². The quantitative estimate of drug-likeness (QED) is 0.621. The Hall–Kier alpha value is -1.62. The second kappa shape index (κ2) is 4.24. The monoisotopic (exact) mass is 262 g/mol. The summed E-state index contributed by atoms with van der Waals surface area (Å²) in [4.78, 5) is 19.5. The average Bonchev–Trinajstić information content (AvgIpc) is 2.95. The first kappa shape index (κ1) is 11.5. The Kier molecular flexibility index (Phi) is 2.70. The van der Waals surface area contributed by atoms with Crippen molar-refractivity contribution in [2.45, 2.75) is 12.8 Å². The minimum absolute atomic E-state index is 0.322. The van der Waals surface area contributed by atoms with E-state index in [-0.39, 0.29) is 5.97 Å². The third-order valence-corrected chi connectivity index (χ3v) is 4.23. The predicted octanol–water partition coefficient (Wildman–Crippen LogP) is 2.52. The smallest absolute Gasteiger partial charge is 0.367 e. The zero-order valence-corrected chi connectivity index (χ0v) is 11.2. The number of carbonyl (C=O) groups excluding carboxylic acids is 1. The first-order valence-electron chi connectivity index (χ1n) is 5.93. The van der Waals surface area contributed by atoms with Gasteiger partial charge in [0, 0.05) is 24.9 Å². The van der Waals surface area contributed by atoms with Gasteiger partial charge in [0.15, 0.2) is 0 Å². The van der Waals surface area contributed by atoms with Gasteiger partial charge >= 0.3 is 5.97 Å². The van der Waals surface area contributed by atoms with Gasteiger partial charge in [0.05, 0.1) is 16.3 Å². The lowest BCUT2D eigenvalue weighted by molar-refractivity contribution is -0.136. The maximum Gasteiger partial charge on any atom is 0.367 e. The van der Waals surface area contributed by atoms with Gasteiger partial charge in [0.25, 0.3) is 0 Å². The van der Waals surface area contributed by atoms with Gasteiger partial charge in [-0.1, -0.05) is 5.16 Å². The zero-order valence-electron chi connectivity index (χ0n) is 10.3. The number of oxime groups is 1. The molecule has 1 aliphatic heterocycles. The number of thiophene rings is 1. The molecule has 2 aliphatic rings. The second-order valence-electron chi connectivity index (χ2n) is 4.76. The van der Waals surface area contributed by atoms with Gasteiger partial charge in [-0.15, -0.1) is 11.3 Å². The maximum absolute atomic E-state index is 11.7. The van der Waals surface area contributed by atoms with Crippen LogP contribution in [0.5, 0.6) is 0 Å². The minimum atomic E-state index is -0.322. The molecule has 0 amide bonds. The summed E-state index contributed by atoms with van der Waals surface area (Å²) in [6, 6.07) is 4.06. The van der Waals surface area contributed by atoms with Crippen molar-refractivity contribution in [2.24, 2.45) is 11.1 Å². The lowest BCUT2D eigenvalue weighted by Gasteiger charge is -2.06. The SMILES string of the molecule is CN(C)c1ccc(/C=C2/C(=O)ON=C2C2CC2)s1. The number of rotatable bonds is 3. The normalized spacial score (nSPS) is 21.1. The van der Waals surface area contributed by atoms with Gasteiger partial charge in [-0.2, -0.15) is 0 Å². The summed E-state index contributed by atoms with van der Waals surface area (Å²) in [6.07, 6.45) is 4.12. The topological polar surface area (TPSA) is 41.9 Å². The maximum atomic E-state index is 11.7. The van der Waals surface area contributed by atoms with Gasteiger partial charge < -0.3 is 9.74 Å². The molecular formula is C13H14N2O2S. The van der Waals surface area contributed by atoms with Gasteiger partial charge in [-0.3, -0.25) is 0 Å². The van der Waals surface area contributed by atoms with Crippen LogP contribution in [0.1, 0.15) is 17.7 Å². The Morgan fingerprint density at radius 3 is 2.83 bits per heavy atom. The van der Waals surface area contributed by atoms with Crippen LogP contribution >= 0.6 is 11.3 Å². The molecule has 0 atom stereocenters. The summed E-state index contributed by atoms with van der Waals surface area (Å²) in [5.74, 6) is 0.104. The molecule has 0 bridgehead atoms. The molecule has 94 valence electrons. The van der Waals surface area contributed by atoms with E-state index in [2.05, 4.69) is 10.1 Å². The average molecular weight is 262 g/mol. The van der Waals surface area contributed by atoms with E-state index in [0.717, 1.165) is 28.4 Å². The van der Waals surface area contributed by atoms with Crippen LogP contribution in [0.25, 0.3) is 6.08 Å². The van der Waals surface area contributed by atoms with E-state index < -0.39 is 0 Å². The summed E-state index contributed by atoms with van der Waals surface area (Å²) in [5.41, 5.74) is 1.46. The summed E-state index contributed by atoms with van der Waals surface area (Å²) in [7, 11) is 4.01. The van der Waals surface area contributed by atoms with Crippen molar-refractivity contribution in [3.63, 3.8) is 0 Å². The summed E-state index contributed by atoms with van der Waals surface area (Å²) < 4.78 is 0. The highest BCUT2D eigenvalue weighted by Crippen LogP contribution is 2.37. The fourth-order valence-electron chi connectivity index (χ4n) is 1.88. The highest BCUT2D eigenvalue weighted by molar-refractivity contribution is 7.17. The number of hydrogen-bond acceptors (Lipinski definition) is 5.